The van der Waals surface area contributed by atoms with Gasteiger partial charge < -0.3 is 9.52 Å². The number of hydrogen-bond donors (Lipinski definition) is 1. The number of hydrogen-bond acceptors (Lipinski definition) is 4. The second-order valence-corrected chi connectivity index (χ2v) is 14.4. The van der Waals surface area contributed by atoms with Crippen molar-refractivity contribution in [2.45, 2.75) is 26.2 Å². The van der Waals surface area contributed by atoms with Crippen molar-refractivity contribution in [3.8, 4) is 45.1 Å². The highest BCUT2D eigenvalue weighted by molar-refractivity contribution is 6.17. The first-order valence-corrected chi connectivity index (χ1v) is 17.9. The number of phenols is 1. The van der Waals surface area contributed by atoms with E-state index in [9.17, 15) is 5.11 Å². The summed E-state index contributed by atoms with van der Waals surface area (Å²) in [6.07, 6.45) is 1.75. The molecule has 256 valence electrons. The summed E-state index contributed by atoms with van der Waals surface area (Å²) in [5, 5.41) is 12.9. The van der Waals surface area contributed by atoms with E-state index in [0.29, 0.717) is 5.56 Å². The molecule has 7 aromatic carbocycles. The maximum absolute atomic E-state index is 10.8. The van der Waals surface area contributed by atoms with Gasteiger partial charge in [0.15, 0.2) is 0 Å². The van der Waals surface area contributed by atoms with E-state index in [4.69, 9.17) is 14.4 Å². The number of benzene rings is 7. The number of imidazole rings is 1. The van der Waals surface area contributed by atoms with Gasteiger partial charge >= 0.3 is 0 Å². The maximum Gasteiger partial charge on any atom is 0.147 e. The van der Waals surface area contributed by atoms with Crippen LogP contribution < -0.4 is 0 Å². The molecule has 2 aromatic heterocycles. The van der Waals surface area contributed by atoms with Gasteiger partial charge in [-0.2, -0.15) is 0 Å². The molecule has 0 aliphatic heterocycles. The van der Waals surface area contributed by atoms with Gasteiger partial charge in [-0.1, -0.05) is 124 Å². The molecule has 53 heavy (non-hydrogen) atoms. The topological polar surface area (TPSA) is 63.6 Å². The SMILES string of the molecule is CC(C)(C)c1ccc(O)c(C=Nc2ccccc2-c2nc3c(-c4ccc(-c5ccccc5)c5c4oc4ccccc45)cccc3n2-c2ccccc2)c1. The van der Waals surface area contributed by atoms with Crippen LogP contribution >= 0.6 is 0 Å². The molecule has 0 bridgehead atoms. The van der Waals surface area contributed by atoms with Gasteiger partial charge in [0, 0.05) is 44.9 Å². The summed E-state index contributed by atoms with van der Waals surface area (Å²) in [7, 11) is 0. The number of fused-ring (bicyclic) bond motifs is 4. The van der Waals surface area contributed by atoms with Crippen LogP contribution in [-0.4, -0.2) is 20.9 Å². The minimum atomic E-state index is -0.0672. The lowest BCUT2D eigenvalue weighted by Crippen LogP contribution is -2.11. The van der Waals surface area contributed by atoms with E-state index in [1.54, 1.807) is 12.3 Å². The summed E-state index contributed by atoms with van der Waals surface area (Å²) in [5.74, 6) is 0.955. The van der Waals surface area contributed by atoms with Crippen LogP contribution in [0.1, 0.15) is 31.9 Å². The van der Waals surface area contributed by atoms with Gasteiger partial charge in [0.05, 0.1) is 16.7 Å². The Morgan fingerprint density at radius 3 is 2.17 bits per heavy atom. The Morgan fingerprint density at radius 2 is 1.36 bits per heavy atom. The number of nitrogens with zero attached hydrogens (tertiary/aromatic N) is 3. The molecule has 0 unspecified atom stereocenters. The Kier molecular flexibility index (Phi) is 7.78. The molecule has 0 atom stereocenters. The standard InChI is InChI=1S/C48H37N3O2/c1-48(2,3)33-25-28-42(52)32(29-33)30-49-40-22-12-10-19-38(40)47-50-45-36(21-14-23-41(45)51(47)34-17-8-5-9-18-34)37-27-26-35(31-15-6-4-7-16-31)44-39-20-11-13-24-43(39)53-46(37)44/h4-30,52H,1-3H3. The maximum atomic E-state index is 10.8. The molecule has 0 saturated carbocycles. The summed E-state index contributed by atoms with van der Waals surface area (Å²) in [6, 6.07) is 53.5. The summed E-state index contributed by atoms with van der Waals surface area (Å²) in [4.78, 5) is 10.4. The molecule has 0 aliphatic carbocycles. The summed E-state index contributed by atoms with van der Waals surface area (Å²) >= 11 is 0. The molecule has 9 aromatic rings. The van der Waals surface area contributed by atoms with Gasteiger partial charge in [-0.25, -0.2) is 4.98 Å². The fourth-order valence-electron chi connectivity index (χ4n) is 7.27. The van der Waals surface area contributed by atoms with Crippen molar-refractivity contribution < 1.29 is 9.52 Å². The lowest BCUT2D eigenvalue weighted by Gasteiger charge is -2.19. The molecule has 9 rings (SSSR count). The second kappa shape index (κ2) is 12.8. The van der Waals surface area contributed by atoms with Crippen LogP contribution in [0, 0.1) is 0 Å². The zero-order valence-corrected chi connectivity index (χ0v) is 29.8. The first-order valence-electron chi connectivity index (χ1n) is 17.9. The number of phenolic OH excluding ortho intramolecular Hbond substituents is 1. The Balaban J connectivity index is 1.27. The van der Waals surface area contributed by atoms with Crippen molar-refractivity contribution in [3.05, 3.63) is 169 Å². The number of aromatic nitrogens is 2. The van der Waals surface area contributed by atoms with Crippen molar-refractivity contribution in [1.29, 1.82) is 0 Å². The van der Waals surface area contributed by atoms with Crippen LogP contribution in [0.25, 0.3) is 72.3 Å². The van der Waals surface area contributed by atoms with Crippen molar-refractivity contribution in [2.75, 3.05) is 0 Å². The van der Waals surface area contributed by atoms with Crippen molar-refractivity contribution in [1.82, 2.24) is 9.55 Å². The van der Waals surface area contributed by atoms with Crippen LogP contribution in [0.15, 0.2) is 167 Å². The van der Waals surface area contributed by atoms with E-state index >= 15 is 0 Å². The van der Waals surface area contributed by atoms with Gasteiger partial charge in [0.2, 0.25) is 0 Å². The molecule has 2 heterocycles. The molecule has 0 fully saturated rings. The second-order valence-electron chi connectivity index (χ2n) is 14.4. The largest absolute Gasteiger partial charge is 0.507 e. The van der Waals surface area contributed by atoms with E-state index in [1.807, 2.05) is 66.7 Å². The third kappa shape index (κ3) is 5.67. The number of aliphatic imine (C=N–C) groups is 1. The van der Waals surface area contributed by atoms with Crippen LogP contribution in [0.5, 0.6) is 5.75 Å². The van der Waals surface area contributed by atoms with E-state index in [2.05, 4.69) is 110 Å². The molecular weight excluding hydrogens is 651 g/mol. The third-order valence-electron chi connectivity index (χ3n) is 9.98. The average Bonchev–Trinajstić information content (AvgIpc) is 3.77. The van der Waals surface area contributed by atoms with Crippen LogP contribution in [0.3, 0.4) is 0 Å². The van der Waals surface area contributed by atoms with Crippen molar-refractivity contribution in [3.63, 3.8) is 0 Å². The molecule has 0 aliphatic rings. The predicted octanol–water partition coefficient (Wildman–Crippen LogP) is 12.7. The highest BCUT2D eigenvalue weighted by atomic mass is 16.3. The van der Waals surface area contributed by atoms with Crippen molar-refractivity contribution in [2.24, 2.45) is 4.99 Å². The first kappa shape index (κ1) is 32.2. The minimum absolute atomic E-state index is 0.0672. The van der Waals surface area contributed by atoms with Gasteiger partial charge in [-0.3, -0.25) is 9.56 Å². The number of rotatable bonds is 6. The van der Waals surface area contributed by atoms with Crippen LogP contribution in [0.4, 0.5) is 5.69 Å². The Labute approximate surface area is 308 Å². The van der Waals surface area contributed by atoms with Gasteiger partial charge in [-0.05, 0) is 76.7 Å². The summed E-state index contributed by atoms with van der Waals surface area (Å²) in [6.45, 7) is 6.48. The van der Waals surface area contributed by atoms with Crippen molar-refractivity contribution >= 4 is 44.9 Å². The monoisotopic (exact) mass is 687 g/mol. The number of para-hydroxylation sites is 4. The van der Waals surface area contributed by atoms with E-state index in [-0.39, 0.29) is 11.2 Å². The first-order chi connectivity index (χ1) is 25.8. The molecule has 1 N–H and O–H groups in total. The van der Waals surface area contributed by atoms with Gasteiger partial charge in [0.1, 0.15) is 22.7 Å². The normalized spacial score (nSPS) is 12.1. The molecular formula is C48H37N3O2. The van der Waals surface area contributed by atoms with Crippen LogP contribution in [0.2, 0.25) is 0 Å². The lowest BCUT2D eigenvalue weighted by atomic mass is 9.86. The number of furan rings is 1. The van der Waals surface area contributed by atoms with Gasteiger partial charge in [0.25, 0.3) is 0 Å². The average molecular weight is 688 g/mol. The zero-order valence-electron chi connectivity index (χ0n) is 29.8. The van der Waals surface area contributed by atoms with E-state index < -0.39 is 0 Å². The number of aromatic hydroxyl groups is 1. The van der Waals surface area contributed by atoms with E-state index in [1.165, 1.54) is 0 Å². The van der Waals surface area contributed by atoms with E-state index in [0.717, 1.165) is 83.6 Å². The lowest BCUT2D eigenvalue weighted by molar-refractivity contribution is 0.473. The fourth-order valence-corrected chi connectivity index (χ4v) is 7.27. The molecule has 0 saturated heterocycles. The zero-order chi connectivity index (χ0) is 36.1. The van der Waals surface area contributed by atoms with Gasteiger partial charge in [-0.15, -0.1) is 0 Å². The summed E-state index contributed by atoms with van der Waals surface area (Å²) in [5.41, 5.74) is 12.1. The smallest absolute Gasteiger partial charge is 0.147 e. The highest BCUT2D eigenvalue weighted by Gasteiger charge is 2.23. The molecule has 5 heteroatoms. The minimum Gasteiger partial charge on any atom is -0.507 e. The predicted molar refractivity (Wildman–Crippen MR) is 219 cm³/mol. The molecule has 5 nitrogen and oxygen atoms in total. The quantitative estimate of drug-likeness (QED) is 0.177. The molecule has 0 radical (unpaired) electrons. The Morgan fingerprint density at radius 1 is 0.660 bits per heavy atom. The molecule has 0 spiro atoms. The summed E-state index contributed by atoms with van der Waals surface area (Å²) < 4.78 is 8.92. The fraction of sp³-hybridized carbons (Fsp3) is 0.0833. The molecule has 0 amide bonds. The highest BCUT2D eigenvalue weighted by Crippen LogP contribution is 2.44. The van der Waals surface area contributed by atoms with Crippen LogP contribution in [-0.2, 0) is 5.41 Å². The Bertz CT molecular complexity index is 2820. The Hall–Kier alpha value is -6.72. The third-order valence-corrected chi connectivity index (χ3v) is 9.98.